The van der Waals surface area contributed by atoms with Crippen molar-refractivity contribution >= 4 is 43.3 Å². The van der Waals surface area contributed by atoms with Crippen LogP contribution in [-0.2, 0) is 24.5 Å². The van der Waals surface area contributed by atoms with Crippen molar-refractivity contribution in [3.05, 3.63) is 91.0 Å². The summed E-state index contributed by atoms with van der Waals surface area (Å²) in [7, 11) is -9.31. The van der Waals surface area contributed by atoms with Crippen molar-refractivity contribution in [2.24, 2.45) is 0 Å². The molecular weight excluding hydrogens is 459 g/mol. The van der Waals surface area contributed by atoms with E-state index in [4.69, 9.17) is 3.97 Å². The molecule has 2 N–H and O–H groups in total. The average molecular weight is 483 g/mol. The van der Waals surface area contributed by atoms with E-state index in [1.807, 2.05) is 0 Å². The molecule has 0 aliphatic heterocycles. The van der Waals surface area contributed by atoms with Crippen LogP contribution in [-0.4, -0.2) is 37.9 Å². The van der Waals surface area contributed by atoms with Gasteiger partial charge >= 0.3 is 183 Å². The monoisotopic (exact) mass is 482 g/mol. The molecule has 10 heteroatoms. The van der Waals surface area contributed by atoms with Crippen LogP contribution in [0.1, 0.15) is 6.42 Å². The van der Waals surface area contributed by atoms with Crippen LogP contribution in [0.4, 0.5) is 0 Å². The molecule has 3 rings (SSSR count). The molecule has 0 bridgehead atoms. The second-order valence-electron chi connectivity index (χ2n) is 7.08. The molecule has 0 saturated carbocycles. The predicted molar refractivity (Wildman–Crippen MR) is 124 cm³/mol. The summed E-state index contributed by atoms with van der Waals surface area (Å²) >= 11 is 0. The Bertz CT molecular complexity index is 1130. The normalized spacial score (nSPS) is 13.9. The van der Waals surface area contributed by atoms with Crippen LogP contribution in [0, 0.1) is 0 Å². The van der Waals surface area contributed by atoms with Gasteiger partial charge in [0.1, 0.15) is 0 Å². The zero-order valence-electron chi connectivity index (χ0n) is 16.5. The molecule has 0 aliphatic rings. The van der Waals surface area contributed by atoms with Crippen LogP contribution in [0.3, 0.4) is 0 Å². The zero-order chi connectivity index (χ0) is 22.6. The van der Waals surface area contributed by atoms with Gasteiger partial charge in [-0.25, -0.2) is 0 Å². The Morgan fingerprint density at radius 1 is 0.645 bits per heavy atom. The molecule has 0 radical (unpaired) electrons. The zero-order valence-corrected chi connectivity index (χ0v) is 19.0. The standard InChI is InChI=1S/C21H23O7PS2/c22-30(23,24)18-10-17-29(28-31(25,26)27,19-11-4-1-5-12-19,20-13-6-2-7-14-20)21-15-8-3-9-16-21/h1-9,11-16H,10,17-18H2,(H,22,23,24)(H,25,26,27). The van der Waals surface area contributed by atoms with E-state index >= 15 is 0 Å². The fourth-order valence-corrected chi connectivity index (χ4v) is 12.5. The van der Waals surface area contributed by atoms with E-state index in [2.05, 4.69) is 0 Å². The second kappa shape index (κ2) is 8.78. The van der Waals surface area contributed by atoms with Crippen molar-refractivity contribution in [1.82, 2.24) is 0 Å². The summed E-state index contributed by atoms with van der Waals surface area (Å²) in [5, 5.41) is 1.50. The van der Waals surface area contributed by atoms with Gasteiger partial charge in [0.25, 0.3) is 0 Å². The summed E-state index contributed by atoms with van der Waals surface area (Å²) in [5.41, 5.74) is 0. The minimum atomic E-state index is -5.00. The van der Waals surface area contributed by atoms with Crippen LogP contribution in [0.25, 0.3) is 0 Å². The summed E-state index contributed by atoms with van der Waals surface area (Å²) in [5.74, 6) is -0.591. The predicted octanol–water partition coefficient (Wildman–Crippen LogP) is 2.53. The van der Waals surface area contributed by atoms with Gasteiger partial charge in [-0.05, 0) is 0 Å². The van der Waals surface area contributed by atoms with Crippen LogP contribution < -0.4 is 15.9 Å². The van der Waals surface area contributed by atoms with Crippen molar-refractivity contribution in [2.45, 2.75) is 6.42 Å². The van der Waals surface area contributed by atoms with Gasteiger partial charge in [-0.15, -0.1) is 0 Å². The molecule has 7 nitrogen and oxygen atoms in total. The van der Waals surface area contributed by atoms with Gasteiger partial charge in [0.05, 0.1) is 0 Å². The molecule has 0 heterocycles. The van der Waals surface area contributed by atoms with E-state index in [9.17, 15) is 25.9 Å². The third-order valence-corrected chi connectivity index (χ3v) is 13.4. The van der Waals surface area contributed by atoms with E-state index in [-0.39, 0.29) is 12.6 Å². The van der Waals surface area contributed by atoms with E-state index in [1.165, 1.54) is 0 Å². The number of benzene rings is 3. The SMILES string of the molecule is O=S(=O)(O)CCCP(OS(=O)(=O)O)(c1ccccc1)(c1ccccc1)c1ccccc1. The average Bonchev–Trinajstić information content (AvgIpc) is 2.73. The Hall–Kier alpha value is -2.13. The topological polar surface area (TPSA) is 118 Å². The first-order valence-electron chi connectivity index (χ1n) is 9.39. The van der Waals surface area contributed by atoms with Crippen LogP contribution in [0.5, 0.6) is 0 Å². The number of hydrogen-bond donors (Lipinski definition) is 2. The van der Waals surface area contributed by atoms with Crippen molar-refractivity contribution in [1.29, 1.82) is 0 Å². The Balaban J connectivity index is 2.48. The van der Waals surface area contributed by atoms with Gasteiger partial charge in [0, 0.05) is 0 Å². The van der Waals surface area contributed by atoms with Crippen molar-refractivity contribution < 1.29 is 29.9 Å². The Morgan fingerprint density at radius 3 is 1.29 bits per heavy atom. The van der Waals surface area contributed by atoms with E-state index in [0.29, 0.717) is 15.9 Å². The van der Waals surface area contributed by atoms with Gasteiger partial charge in [-0.1, -0.05) is 0 Å². The van der Waals surface area contributed by atoms with Gasteiger partial charge in [-0.2, -0.15) is 0 Å². The summed E-state index contributed by atoms with van der Waals surface area (Å²) in [6, 6.07) is 25.8. The summed E-state index contributed by atoms with van der Waals surface area (Å²) in [4.78, 5) is 0. The van der Waals surface area contributed by atoms with Crippen LogP contribution in [0.15, 0.2) is 91.0 Å². The van der Waals surface area contributed by atoms with E-state index in [1.54, 1.807) is 91.0 Å². The first-order valence-corrected chi connectivity index (χ1v) is 14.7. The second-order valence-corrected chi connectivity index (χ2v) is 14.5. The fraction of sp³-hybridized carbons (Fsp3) is 0.143. The maximum atomic E-state index is 12.3. The molecule has 0 aliphatic carbocycles. The molecule has 0 saturated heterocycles. The Kier molecular flexibility index (Phi) is 6.67. The molecule has 0 fully saturated rings. The van der Waals surface area contributed by atoms with Crippen molar-refractivity contribution in [3.8, 4) is 0 Å². The van der Waals surface area contributed by atoms with Crippen molar-refractivity contribution in [3.63, 3.8) is 0 Å². The van der Waals surface area contributed by atoms with Gasteiger partial charge in [0.2, 0.25) is 0 Å². The van der Waals surface area contributed by atoms with Gasteiger partial charge in [0.15, 0.2) is 0 Å². The van der Waals surface area contributed by atoms with Crippen molar-refractivity contribution in [2.75, 3.05) is 11.9 Å². The van der Waals surface area contributed by atoms with Gasteiger partial charge < -0.3 is 0 Å². The Labute approximate surface area is 182 Å². The number of hydrogen-bond acceptors (Lipinski definition) is 5. The summed E-state index contributed by atoms with van der Waals surface area (Å²) < 4.78 is 72.7. The maximum absolute atomic E-state index is 12.3. The van der Waals surface area contributed by atoms with Crippen LogP contribution in [0.2, 0.25) is 0 Å². The first kappa shape index (κ1) is 23.5. The summed E-state index contributed by atoms with van der Waals surface area (Å²) in [6.45, 7) is -4.45. The van der Waals surface area contributed by atoms with Crippen LogP contribution >= 0.6 is 6.83 Å². The fourth-order valence-electron chi connectivity index (χ4n) is 3.99. The quantitative estimate of drug-likeness (QED) is 0.355. The molecule has 0 amide bonds. The molecule has 31 heavy (non-hydrogen) atoms. The minimum absolute atomic E-state index is 0.0801. The molecule has 0 aromatic heterocycles. The van der Waals surface area contributed by atoms with E-state index in [0.717, 1.165) is 0 Å². The summed E-state index contributed by atoms with van der Waals surface area (Å²) in [6.07, 6.45) is -0.186. The first-order chi connectivity index (χ1) is 14.6. The Morgan fingerprint density at radius 2 is 1.00 bits per heavy atom. The number of rotatable bonds is 9. The third-order valence-electron chi connectivity index (χ3n) is 5.15. The molecule has 3 aromatic carbocycles. The third kappa shape index (κ3) is 4.87. The molecule has 0 atom stereocenters. The van der Waals surface area contributed by atoms with E-state index < -0.39 is 33.1 Å². The molecule has 166 valence electrons. The molecule has 0 unspecified atom stereocenters. The molecular formula is C21H23O7PS2. The molecule has 0 spiro atoms. The van der Waals surface area contributed by atoms with Gasteiger partial charge in [-0.3, -0.25) is 0 Å². The molecule has 3 aromatic rings.